The van der Waals surface area contributed by atoms with E-state index in [0.29, 0.717) is 15.6 Å². The first-order valence-corrected chi connectivity index (χ1v) is 7.43. The number of nitriles is 1. The Morgan fingerprint density at radius 2 is 2.25 bits per heavy atom. The van der Waals surface area contributed by atoms with Gasteiger partial charge in [-0.1, -0.05) is 17.7 Å². The minimum atomic E-state index is -0.413. The van der Waals surface area contributed by atoms with E-state index in [1.165, 1.54) is 28.5 Å². The van der Waals surface area contributed by atoms with Crippen LogP contribution in [0.5, 0.6) is 0 Å². The van der Waals surface area contributed by atoms with E-state index in [2.05, 4.69) is 11.1 Å². The van der Waals surface area contributed by atoms with E-state index in [0.717, 1.165) is 24.8 Å². The monoisotopic (exact) mass is 304 g/mol. The number of aryl methyl sites for hydroxylation is 1. The molecule has 0 amide bonds. The summed E-state index contributed by atoms with van der Waals surface area (Å²) in [4.78, 5) is 5.51. The summed E-state index contributed by atoms with van der Waals surface area (Å²) in [7, 11) is 0. The van der Waals surface area contributed by atoms with Gasteiger partial charge in [-0.15, -0.1) is 11.3 Å². The molecule has 20 heavy (non-hydrogen) atoms. The first-order chi connectivity index (χ1) is 9.70. The second-order valence-electron chi connectivity index (χ2n) is 4.54. The van der Waals surface area contributed by atoms with Crippen LogP contribution in [0.15, 0.2) is 23.2 Å². The molecule has 0 aliphatic heterocycles. The van der Waals surface area contributed by atoms with Gasteiger partial charge in [0.15, 0.2) is 0 Å². The highest BCUT2D eigenvalue weighted by Crippen LogP contribution is 2.40. The van der Waals surface area contributed by atoms with Crippen molar-refractivity contribution in [2.75, 3.05) is 0 Å². The molecular formula is C15H10ClFN2S. The molecule has 1 heterocycles. The van der Waals surface area contributed by atoms with E-state index in [-0.39, 0.29) is 5.56 Å². The molecule has 0 saturated carbocycles. The maximum absolute atomic E-state index is 13.7. The molecule has 1 aromatic heterocycles. The summed E-state index contributed by atoms with van der Waals surface area (Å²) >= 11 is 7.47. The average Bonchev–Trinajstić information content (AvgIpc) is 2.98. The van der Waals surface area contributed by atoms with Crippen molar-refractivity contribution in [1.29, 1.82) is 5.26 Å². The second-order valence-corrected chi connectivity index (χ2v) is 6.03. The molecule has 0 saturated heterocycles. The molecule has 3 rings (SSSR count). The molecular weight excluding hydrogens is 295 g/mol. The van der Waals surface area contributed by atoms with Crippen LogP contribution in [0.4, 0.5) is 9.39 Å². The third-order valence-corrected chi connectivity index (χ3v) is 4.85. The van der Waals surface area contributed by atoms with Crippen molar-refractivity contribution in [2.45, 2.75) is 19.3 Å². The van der Waals surface area contributed by atoms with Crippen LogP contribution >= 0.6 is 22.9 Å². The second kappa shape index (κ2) is 5.35. The molecule has 1 aromatic carbocycles. The lowest BCUT2D eigenvalue weighted by molar-refractivity contribution is 0.626. The quantitative estimate of drug-likeness (QED) is 0.744. The molecule has 5 heteroatoms. The van der Waals surface area contributed by atoms with Crippen LogP contribution in [0.1, 0.15) is 28.0 Å². The Bertz CT molecular complexity index is 723. The van der Waals surface area contributed by atoms with Crippen molar-refractivity contribution >= 4 is 34.2 Å². The topological polar surface area (TPSA) is 36.1 Å². The van der Waals surface area contributed by atoms with E-state index < -0.39 is 5.82 Å². The molecule has 2 aromatic rings. The summed E-state index contributed by atoms with van der Waals surface area (Å²) in [5.74, 6) is -0.413. The number of aliphatic imine (C=N–C) groups is 1. The predicted molar refractivity (Wildman–Crippen MR) is 79.7 cm³/mol. The number of benzene rings is 1. The molecule has 2 nitrogen and oxygen atoms in total. The lowest BCUT2D eigenvalue weighted by Crippen LogP contribution is -1.89. The number of nitrogens with zero attached hydrogens (tertiary/aromatic N) is 2. The standard InChI is InChI=1S/C15H10ClFN2S/c16-12-4-2-5-13(17)11(12)8-19-15-10(7-18)9-3-1-6-14(9)20-15/h2,4-5,8H,1,3,6H2/b19-8+. The van der Waals surface area contributed by atoms with Gasteiger partial charge in [-0.05, 0) is 37.0 Å². The normalized spacial score (nSPS) is 13.7. The van der Waals surface area contributed by atoms with Gasteiger partial charge in [-0.2, -0.15) is 5.26 Å². The molecule has 0 radical (unpaired) electrons. The summed E-state index contributed by atoms with van der Waals surface area (Å²) in [6.45, 7) is 0. The van der Waals surface area contributed by atoms with Gasteiger partial charge < -0.3 is 0 Å². The van der Waals surface area contributed by atoms with E-state index >= 15 is 0 Å². The molecule has 0 spiro atoms. The van der Waals surface area contributed by atoms with E-state index in [1.807, 2.05) is 0 Å². The van der Waals surface area contributed by atoms with Crippen LogP contribution in [0.3, 0.4) is 0 Å². The Morgan fingerprint density at radius 3 is 3.00 bits per heavy atom. The van der Waals surface area contributed by atoms with Crippen LogP contribution in [0.2, 0.25) is 5.02 Å². The molecule has 1 aliphatic carbocycles. The van der Waals surface area contributed by atoms with Gasteiger partial charge in [-0.25, -0.2) is 9.38 Å². The van der Waals surface area contributed by atoms with Gasteiger partial charge in [0.2, 0.25) is 0 Å². The van der Waals surface area contributed by atoms with Gasteiger partial charge >= 0.3 is 0 Å². The molecule has 1 aliphatic rings. The smallest absolute Gasteiger partial charge is 0.134 e. The average molecular weight is 305 g/mol. The zero-order valence-electron chi connectivity index (χ0n) is 10.5. The molecule has 0 bridgehead atoms. The predicted octanol–water partition coefficient (Wildman–Crippen LogP) is 4.65. The van der Waals surface area contributed by atoms with E-state index in [4.69, 9.17) is 11.6 Å². The van der Waals surface area contributed by atoms with E-state index in [9.17, 15) is 9.65 Å². The minimum Gasteiger partial charge on any atom is -0.244 e. The number of halogens is 2. The highest BCUT2D eigenvalue weighted by atomic mass is 35.5. The van der Waals surface area contributed by atoms with Crippen LogP contribution in [0.25, 0.3) is 0 Å². The molecule has 0 atom stereocenters. The molecule has 0 unspecified atom stereocenters. The van der Waals surface area contributed by atoms with Crippen molar-refractivity contribution in [1.82, 2.24) is 0 Å². The van der Waals surface area contributed by atoms with Crippen molar-refractivity contribution in [3.8, 4) is 6.07 Å². The minimum absolute atomic E-state index is 0.256. The van der Waals surface area contributed by atoms with Crippen molar-refractivity contribution in [3.05, 3.63) is 50.6 Å². The zero-order chi connectivity index (χ0) is 14.1. The zero-order valence-corrected chi connectivity index (χ0v) is 12.1. The van der Waals surface area contributed by atoms with Crippen molar-refractivity contribution in [2.24, 2.45) is 4.99 Å². The SMILES string of the molecule is N#Cc1c(/N=C/c2c(F)cccc2Cl)sc2c1CCC2. The largest absolute Gasteiger partial charge is 0.244 e. The molecule has 0 fully saturated rings. The van der Waals surface area contributed by atoms with Gasteiger partial charge in [0, 0.05) is 16.7 Å². The van der Waals surface area contributed by atoms with Crippen molar-refractivity contribution in [3.63, 3.8) is 0 Å². The third-order valence-electron chi connectivity index (χ3n) is 3.33. The number of thiophene rings is 1. The Kier molecular flexibility index (Phi) is 3.56. The Labute approximate surface area is 125 Å². The van der Waals surface area contributed by atoms with Gasteiger partial charge in [0.25, 0.3) is 0 Å². The third kappa shape index (κ3) is 2.24. The van der Waals surface area contributed by atoms with Gasteiger partial charge in [0.1, 0.15) is 16.9 Å². The van der Waals surface area contributed by atoms with Crippen LogP contribution in [-0.4, -0.2) is 6.21 Å². The number of rotatable bonds is 2. The summed E-state index contributed by atoms with van der Waals surface area (Å²) < 4.78 is 13.7. The van der Waals surface area contributed by atoms with Crippen LogP contribution in [-0.2, 0) is 12.8 Å². The van der Waals surface area contributed by atoms with Gasteiger partial charge in [0.05, 0.1) is 10.6 Å². The van der Waals surface area contributed by atoms with E-state index in [1.54, 1.807) is 12.1 Å². The van der Waals surface area contributed by atoms with Crippen LogP contribution in [0, 0.1) is 17.1 Å². The Morgan fingerprint density at radius 1 is 1.40 bits per heavy atom. The summed E-state index contributed by atoms with van der Waals surface area (Å²) in [6, 6.07) is 6.72. The lowest BCUT2D eigenvalue weighted by Gasteiger charge is -1.98. The van der Waals surface area contributed by atoms with Crippen molar-refractivity contribution < 1.29 is 4.39 Å². The fourth-order valence-corrected chi connectivity index (χ4v) is 3.75. The fourth-order valence-electron chi connectivity index (χ4n) is 2.35. The van der Waals surface area contributed by atoms with Crippen LogP contribution < -0.4 is 0 Å². The first-order valence-electron chi connectivity index (χ1n) is 6.23. The lowest BCUT2D eigenvalue weighted by atomic mass is 10.1. The first kappa shape index (κ1) is 13.3. The molecule has 100 valence electrons. The Balaban J connectivity index is 2.00. The number of hydrogen-bond donors (Lipinski definition) is 0. The fraction of sp³-hybridized carbons (Fsp3) is 0.200. The number of hydrogen-bond acceptors (Lipinski definition) is 3. The Hall–Kier alpha value is -1.70. The summed E-state index contributed by atoms with van der Waals surface area (Å²) in [5.41, 5.74) is 2.00. The number of fused-ring (bicyclic) bond motifs is 1. The summed E-state index contributed by atoms with van der Waals surface area (Å²) in [5, 5.41) is 10.2. The highest BCUT2D eigenvalue weighted by molar-refractivity contribution is 7.16. The maximum atomic E-state index is 13.7. The molecule has 0 N–H and O–H groups in total. The highest BCUT2D eigenvalue weighted by Gasteiger charge is 2.21. The van der Waals surface area contributed by atoms with Gasteiger partial charge in [-0.3, -0.25) is 0 Å². The maximum Gasteiger partial charge on any atom is 0.134 e. The summed E-state index contributed by atoms with van der Waals surface area (Å²) in [6.07, 6.45) is 4.44.